The first-order valence-electron chi connectivity index (χ1n) is 9.01. The van der Waals surface area contributed by atoms with Gasteiger partial charge in [0, 0.05) is 24.5 Å². The zero-order valence-corrected chi connectivity index (χ0v) is 15.6. The average Bonchev–Trinajstić information content (AvgIpc) is 3.01. The monoisotopic (exact) mass is 361 g/mol. The Kier molecular flexibility index (Phi) is 5.77. The van der Waals surface area contributed by atoms with Gasteiger partial charge in [-0.15, -0.1) is 0 Å². The highest BCUT2D eigenvalue weighted by atomic mass is 16.5. The lowest BCUT2D eigenvalue weighted by molar-refractivity contribution is -0.117. The van der Waals surface area contributed by atoms with E-state index in [4.69, 9.17) is 4.74 Å². The number of carbonyl (C=O) groups excluding carboxylic acids is 1. The molecule has 27 heavy (non-hydrogen) atoms. The molecule has 1 unspecified atom stereocenters. The number of fused-ring (bicyclic) bond motifs is 1. The fraction of sp³-hybridized carbons (Fsp3) is 0.273. The smallest absolute Gasteiger partial charge is 0.263 e. The zero-order chi connectivity index (χ0) is 19.2. The van der Waals surface area contributed by atoms with Gasteiger partial charge in [-0.1, -0.05) is 30.3 Å². The van der Waals surface area contributed by atoms with Crippen molar-refractivity contribution in [1.82, 2.24) is 5.32 Å². The highest BCUT2D eigenvalue weighted by molar-refractivity contribution is 5.97. The average molecular weight is 361 g/mol. The van der Waals surface area contributed by atoms with Crippen molar-refractivity contribution in [1.29, 1.82) is 5.26 Å². The summed E-state index contributed by atoms with van der Waals surface area (Å²) in [4.78, 5) is 14.4. The van der Waals surface area contributed by atoms with E-state index in [2.05, 4.69) is 18.3 Å². The molecule has 1 heterocycles. The predicted octanol–water partition coefficient (Wildman–Crippen LogP) is 3.21. The van der Waals surface area contributed by atoms with Gasteiger partial charge in [-0.3, -0.25) is 4.79 Å². The van der Waals surface area contributed by atoms with Crippen LogP contribution in [0.1, 0.15) is 18.1 Å². The highest BCUT2D eigenvalue weighted by Gasteiger charge is 2.25. The van der Waals surface area contributed by atoms with Gasteiger partial charge in [0.25, 0.3) is 5.91 Å². The molecule has 138 valence electrons. The molecule has 0 bridgehead atoms. The second-order valence-electron chi connectivity index (χ2n) is 6.60. The summed E-state index contributed by atoms with van der Waals surface area (Å²) >= 11 is 0. The number of rotatable bonds is 6. The molecule has 1 N–H and O–H groups in total. The third-order valence-electron chi connectivity index (χ3n) is 4.75. The van der Waals surface area contributed by atoms with Crippen LogP contribution in [0, 0.1) is 11.3 Å². The van der Waals surface area contributed by atoms with Crippen molar-refractivity contribution in [3.05, 3.63) is 71.4 Å². The molecule has 2 aromatic carbocycles. The lowest BCUT2D eigenvalue weighted by Gasteiger charge is -2.20. The molecular formula is C22H23N3O2. The Morgan fingerprint density at radius 3 is 2.74 bits per heavy atom. The largest absolute Gasteiger partial charge is 0.497 e. The maximum absolute atomic E-state index is 12.4. The second-order valence-corrected chi connectivity index (χ2v) is 6.60. The number of anilines is 1. The van der Waals surface area contributed by atoms with Crippen LogP contribution in [0.3, 0.4) is 0 Å². The summed E-state index contributed by atoms with van der Waals surface area (Å²) in [5, 5.41) is 12.3. The second kappa shape index (κ2) is 8.41. The number of methoxy groups -OCH3 is 1. The first kappa shape index (κ1) is 18.5. The number of carbonyl (C=O) groups is 1. The van der Waals surface area contributed by atoms with Crippen molar-refractivity contribution in [3.8, 4) is 11.8 Å². The summed E-state index contributed by atoms with van der Waals surface area (Å²) in [6.07, 6.45) is 3.26. The van der Waals surface area contributed by atoms with E-state index in [1.54, 1.807) is 13.3 Å². The summed E-state index contributed by atoms with van der Waals surface area (Å²) in [6, 6.07) is 18.1. The molecule has 1 atom stereocenters. The Bertz CT molecular complexity index is 881. The topological polar surface area (TPSA) is 65.4 Å². The minimum atomic E-state index is -0.345. The van der Waals surface area contributed by atoms with E-state index >= 15 is 0 Å². The minimum absolute atomic E-state index is 0.119. The summed E-state index contributed by atoms with van der Waals surface area (Å²) < 4.78 is 5.14. The number of hydrogen-bond acceptors (Lipinski definition) is 4. The normalized spacial score (nSPS) is 15.8. The third kappa shape index (κ3) is 4.29. The summed E-state index contributed by atoms with van der Waals surface area (Å²) in [5.74, 6) is 0.458. The summed E-state index contributed by atoms with van der Waals surface area (Å²) in [6.45, 7) is 2.56. The molecule has 1 amide bonds. The molecule has 0 radical (unpaired) electrons. The Labute approximate surface area is 159 Å². The van der Waals surface area contributed by atoms with Gasteiger partial charge >= 0.3 is 0 Å². The number of amides is 1. The molecule has 1 aliphatic rings. The third-order valence-corrected chi connectivity index (χ3v) is 4.75. The molecule has 0 aromatic heterocycles. The Morgan fingerprint density at radius 1 is 1.30 bits per heavy atom. The van der Waals surface area contributed by atoms with Crippen LogP contribution >= 0.6 is 0 Å². The fourth-order valence-electron chi connectivity index (χ4n) is 3.27. The van der Waals surface area contributed by atoms with Gasteiger partial charge in [0.2, 0.25) is 0 Å². The van der Waals surface area contributed by atoms with Crippen LogP contribution in [-0.4, -0.2) is 25.6 Å². The number of nitriles is 1. The van der Waals surface area contributed by atoms with Crippen molar-refractivity contribution in [2.24, 2.45) is 0 Å². The van der Waals surface area contributed by atoms with Gasteiger partial charge in [0.15, 0.2) is 0 Å². The predicted molar refractivity (Wildman–Crippen MR) is 105 cm³/mol. The molecule has 0 spiro atoms. The van der Waals surface area contributed by atoms with Crippen LogP contribution in [0.2, 0.25) is 0 Å². The molecule has 3 rings (SSSR count). The standard InChI is InChI=1S/C22H23N3O2/c1-16-13-18-5-3-4-6-21(18)25(16)15-19(14-23)22(26)24-12-11-17-7-9-20(27-2)10-8-17/h3-10,15-16H,11-13H2,1-2H3,(H,24,26)/b19-15-. The highest BCUT2D eigenvalue weighted by Crippen LogP contribution is 2.32. The van der Waals surface area contributed by atoms with E-state index < -0.39 is 0 Å². The number of para-hydroxylation sites is 1. The lowest BCUT2D eigenvalue weighted by atomic mass is 10.1. The minimum Gasteiger partial charge on any atom is -0.497 e. The number of hydrogen-bond donors (Lipinski definition) is 1. The van der Waals surface area contributed by atoms with E-state index in [0.717, 1.165) is 23.4 Å². The quantitative estimate of drug-likeness (QED) is 0.634. The van der Waals surface area contributed by atoms with Gasteiger partial charge < -0.3 is 15.0 Å². The van der Waals surface area contributed by atoms with Gasteiger partial charge in [-0.2, -0.15) is 5.26 Å². The fourth-order valence-corrected chi connectivity index (χ4v) is 3.27. The van der Waals surface area contributed by atoms with Crippen molar-refractivity contribution in [3.63, 3.8) is 0 Å². The Hall–Kier alpha value is -3.26. The number of nitrogens with one attached hydrogen (secondary N) is 1. The lowest BCUT2D eigenvalue weighted by Crippen LogP contribution is -2.30. The molecule has 5 heteroatoms. The summed E-state index contributed by atoms with van der Waals surface area (Å²) in [7, 11) is 1.63. The van der Waals surface area contributed by atoms with Crippen LogP contribution in [0.15, 0.2) is 60.3 Å². The Balaban J connectivity index is 1.62. The maximum Gasteiger partial charge on any atom is 0.263 e. The van der Waals surface area contributed by atoms with Crippen molar-refractivity contribution >= 4 is 11.6 Å². The van der Waals surface area contributed by atoms with Crippen LogP contribution in [0.4, 0.5) is 5.69 Å². The first-order chi connectivity index (χ1) is 13.1. The van der Waals surface area contributed by atoms with Crippen molar-refractivity contribution < 1.29 is 9.53 Å². The molecule has 1 aliphatic heterocycles. The maximum atomic E-state index is 12.4. The molecule has 2 aromatic rings. The van der Waals surface area contributed by atoms with Crippen LogP contribution < -0.4 is 15.0 Å². The number of benzene rings is 2. The van der Waals surface area contributed by atoms with E-state index in [0.29, 0.717) is 13.0 Å². The van der Waals surface area contributed by atoms with Gasteiger partial charge in [-0.05, 0) is 49.1 Å². The van der Waals surface area contributed by atoms with Crippen LogP contribution in [0.5, 0.6) is 5.75 Å². The SMILES string of the molecule is COc1ccc(CCNC(=O)/C(C#N)=C\N2c3ccccc3CC2C)cc1. The van der Waals surface area contributed by atoms with Gasteiger partial charge in [0.05, 0.1) is 7.11 Å². The van der Waals surface area contributed by atoms with E-state index in [-0.39, 0.29) is 17.5 Å². The van der Waals surface area contributed by atoms with E-state index in [9.17, 15) is 10.1 Å². The first-order valence-corrected chi connectivity index (χ1v) is 9.01. The van der Waals surface area contributed by atoms with Crippen LogP contribution in [0.25, 0.3) is 0 Å². The summed E-state index contributed by atoms with van der Waals surface area (Å²) in [5.41, 5.74) is 3.51. The van der Waals surface area contributed by atoms with Gasteiger partial charge in [0.1, 0.15) is 17.4 Å². The van der Waals surface area contributed by atoms with Gasteiger partial charge in [-0.25, -0.2) is 0 Å². The van der Waals surface area contributed by atoms with Crippen molar-refractivity contribution in [2.75, 3.05) is 18.6 Å². The zero-order valence-electron chi connectivity index (χ0n) is 15.6. The number of nitrogens with zero attached hydrogens (tertiary/aromatic N) is 2. The molecule has 5 nitrogen and oxygen atoms in total. The molecular weight excluding hydrogens is 338 g/mol. The molecule has 0 saturated heterocycles. The van der Waals surface area contributed by atoms with Crippen molar-refractivity contribution in [2.45, 2.75) is 25.8 Å². The van der Waals surface area contributed by atoms with E-state index in [1.807, 2.05) is 53.4 Å². The molecule has 0 aliphatic carbocycles. The van der Waals surface area contributed by atoms with Crippen LogP contribution in [-0.2, 0) is 17.6 Å². The molecule has 0 saturated carbocycles. The number of ether oxygens (including phenoxy) is 1. The van der Waals surface area contributed by atoms with E-state index in [1.165, 1.54) is 5.56 Å². The molecule has 0 fully saturated rings. The Morgan fingerprint density at radius 2 is 2.04 bits per heavy atom.